The third-order valence-corrected chi connectivity index (χ3v) is 5.18. The first kappa shape index (κ1) is 21.4. The van der Waals surface area contributed by atoms with Gasteiger partial charge in [0, 0.05) is 30.9 Å². The van der Waals surface area contributed by atoms with E-state index in [2.05, 4.69) is 20.9 Å². The van der Waals surface area contributed by atoms with Crippen LogP contribution in [-0.4, -0.2) is 40.7 Å². The second-order valence-corrected chi connectivity index (χ2v) is 7.29. The summed E-state index contributed by atoms with van der Waals surface area (Å²) in [5.74, 6) is 2.50. The zero-order valence-electron chi connectivity index (χ0n) is 18.0. The Hall–Kier alpha value is -3.87. The Morgan fingerprint density at radius 2 is 1.75 bits per heavy atom. The number of aromatic nitrogens is 3. The minimum absolute atomic E-state index is 0.0891. The second-order valence-electron chi connectivity index (χ2n) is 7.29. The summed E-state index contributed by atoms with van der Waals surface area (Å²) in [5, 5.41) is 2.96. The molecule has 0 aliphatic rings. The molecule has 7 nitrogen and oxygen atoms in total. The van der Waals surface area contributed by atoms with Crippen LogP contribution in [0, 0.1) is 0 Å². The van der Waals surface area contributed by atoms with E-state index in [0.717, 1.165) is 41.2 Å². The first-order valence-electron chi connectivity index (χ1n) is 10.6. The van der Waals surface area contributed by atoms with Gasteiger partial charge in [-0.2, -0.15) is 0 Å². The van der Waals surface area contributed by atoms with Gasteiger partial charge in [0.05, 0.1) is 24.7 Å². The number of carbonyl (C=O) groups is 1. The molecule has 0 aliphatic carbocycles. The quantitative estimate of drug-likeness (QED) is 0.386. The van der Waals surface area contributed by atoms with Crippen molar-refractivity contribution >= 4 is 16.9 Å². The molecule has 2 aromatic carbocycles. The lowest BCUT2D eigenvalue weighted by molar-refractivity contribution is 0.0953. The number of carbonyl (C=O) groups excluding carboxylic acids is 1. The molecule has 164 valence electrons. The molecule has 0 aliphatic heterocycles. The lowest BCUT2D eigenvalue weighted by Crippen LogP contribution is -2.25. The highest BCUT2D eigenvalue weighted by Crippen LogP contribution is 2.19. The topological polar surface area (TPSA) is 78.3 Å². The molecule has 32 heavy (non-hydrogen) atoms. The van der Waals surface area contributed by atoms with Gasteiger partial charge in [0.1, 0.15) is 23.9 Å². The van der Waals surface area contributed by atoms with Crippen molar-refractivity contribution in [2.45, 2.75) is 19.4 Å². The van der Waals surface area contributed by atoms with Gasteiger partial charge in [0.15, 0.2) is 0 Å². The van der Waals surface area contributed by atoms with Crippen LogP contribution >= 0.6 is 0 Å². The van der Waals surface area contributed by atoms with Crippen molar-refractivity contribution in [2.24, 2.45) is 0 Å². The number of imidazole rings is 1. The predicted molar refractivity (Wildman–Crippen MR) is 123 cm³/mol. The van der Waals surface area contributed by atoms with Crippen molar-refractivity contribution in [2.75, 3.05) is 20.3 Å². The van der Waals surface area contributed by atoms with E-state index in [1.165, 1.54) is 0 Å². The fourth-order valence-electron chi connectivity index (χ4n) is 3.55. The lowest BCUT2D eigenvalue weighted by Gasteiger charge is -2.11. The number of para-hydroxylation sites is 2. The number of nitrogens with zero attached hydrogens (tertiary/aromatic N) is 3. The number of pyridine rings is 1. The summed E-state index contributed by atoms with van der Waals surface area (Å²) in [6.07, 6.45) is 4.78. The van der Waals surface area contributed by atoms with Gasteiger partial charge in [-0.15, -0.1) is 0 Å². The molecular weight excluding hydrogens is 404 g/mol. The minimum atomic E-state index is -0.0891. The number of methoxy groups -OCH3 is 1. The molecule has 0 bridgehead atoms. The maximum absolute atomic E-state index is 12.2. The maximum Gasteiger partial charge on any atom is 0.251 e. The van der Waals surface area contributed by atoms with Crippen molar-refractivity contribution in [3.8, 4) is 11.5 Å². The second kappa shape index (κ2) is 10.4. The van der Waals surface area contributed by atoms with Crippen molar-refractivity contribution < 1.29 is 14.3 Å². The molecule has 1 N–H and O–H groups in total. The van der Waals surface area contributed by atoms with E-state index in [0.29, 0.717) is 25.3 Å². The number of ether oxygens (including phenoxy) is 2. The van der Waals surface area contributed by atoms with Crippen LogP contribution in [0.15, 0.2) is 73.1 Å². The fourth-order valence-corrected chi connectivity index (χ4v) is 3.55. The van der Waals surface area contributed by atoms with Gasteiger partial charge in [-0.1, -0.05) is 12.1 Å². The molecule has 0 spiro atoms. The standard InChI is InChI=1S/C25H26N4O3/c1-31-20-8-10-21(11-9-20)32-18-17-29-23-6-3-2-5-22(23)28-24(29)7-4-14-27-25(30)19-12-15-26-16-13-19/h2-3,5-6,8-13,15-16H,4,7,14,17-18H2,1H3,(H,27,30). The number of fused-ring (bicyclic) bond motifs is 1. The Kier molecular flexibility index (Phi) is 6.97. The molecule has 0 unspecified atom stereocenters. The minimum Gasteiger partial charge on any atom is -0.497 e. The van der Waals surface area contributed by atoms with Gasteiger partial charge in [-0.05, 0) is 55.0 Å². The highest BCUT2D eigenvalue weighted by atomic mass is 16.5. The Labute approximate surface area is 187 Å². The number of aryl methyl sites for hydroxylation is 1. The highest BCUT2D eigenvalue weighted by molar-refractivity contribution is 5.93. The highest BCUT2D eigenvalue weighted by Gasteiger charge is 2.11. The zero-order chi connectivity index (χ0) is 22.2. The van der Waals surface area contributed by atoms with Crippen LogP contribution in [0.5, 0.6) is 11.5 Å². The molecular formula is C25H26N4O3. The van der Waals surface area contributed by atoms with Gasteiger partial charge in [-0.3, -0.25) is 9.78 Å². The Morgan fingerprint density at radius 3 is 2.53 bits per heavy atom. The van der Waals surface area contributed by atoms with Crippen molar-refractivity contribution in [3.05, 3.63) is 84.4 Å². The molecule has 0 atom stereocenters. The molecule has 4 rings (SSSR count). The number of hydrogen-bond donors (Lipinski definition) is 1. The lowest BCUT2D eigenvalue weighted by atomic mass is 10.2. The first-order chi connectivity index (χ1) is 15.7. The van der Waals surface area contributed by atoms with Crippen LogP contribution in [0.2, 0.25) is 0 Å². The molecule has 0 radical (unpaired) electrons. The third-order valence-electron chi connectivity index (χ3n) is 5.18. The maximum atomic E-state index is 12.2. The molecule has 0 fully saturated rings. The van der Waals surface area contributed by atoms with Crippen LogP contribution < -0.4 is 14.8 Å². The molecule has 2 aromatic heterocycles. The van der Waals surface area contributed by atoms with Crippen molar-refractivity contribution in [3.63, 3.8) is 0 Å². The monoisotopic (exact) mass is 430 g/mol. The van der Waals surface area contributed by atoms with Gasteiger partial charge in [0.25, 0.3) is 5.91 Å². The number of benzene rings is 2. The molecule has 0 saturated heterocycles. The summed E-state index contributed by atoms with van der Waals surface area (Å²) in [4.78, 5) is 20.9. The summed E-state index contributed by atoms with van der Waals surface area (Å²) in [7, 11) is 1.64. The van der Waals surface area contributed by atoms with Gasteiger partial charge in [-0.25, -0.2) is 4.98 Å². The zero-order valence-corrected chi connectivity index (χ0v) is 18.0. The molecule has 4 aromatic rings. The normalized spacial score (nSPS) is 10.8. The SMILES string of the molecule is COc1ccc(OCCn2c(CCCNC(=O)c3ccncc3)nc3ccccc32)cc1. The Morgan fingerprint density at radius 1 is 1.00 bits per heavy atom. The van der Waals surface area contributed by atoms with E-state index >= 15 is 0 Å². The van der Waals surface area contributed by atoms with Gasteiger partial charge < -0.3 is 19.4 Å². The first-order valence-corrected chi connectivity index (χ1v) is 10.6. The predicted octanol–water partition coefficient (Wildman–Crippen LogP) is 3.88. The molecule has 0 saturated carbocycles. The van der Waals surface area contributed by atoms with Crippen LogP contribution in [-0.2, 0) is 13.0 Å². The number of hydrogen-bond acceptors (Lipinski definition) is 5. The summed E-state index contributed by atoms with van der Waals surface area (Å²) in [5.41, 5.74) is 2.66. The van der Waals surface area contributed by atoms with Gasteiger partial charge >= 0.3 is 0 Å². The number of nitrogens with one attached hydrogen (secondary N) is 1. The summed E-state index contributed by atoms with van der Waals surface area (Å²) >= 11 is 0. The Balaban J connectivity index is 1.35. The average molecular weight is 431 g/mol. The van der Waals surface area contributed by atoms with E-state index in [-0.39, 0.29) is 5.91 Å². The summed E-state index contributed by atoms with van der Waals surface area (Å²) < 4.78 is 13.3. The van der Waals surface area contributed by atoms with Crippen LogP contribution in [0.25, 0.3) is 11.0 Å². The third kappa shape index (κ3) is 5.24. The van der Waals surface area contributed by atoms with Crippen LogP contribution in [0.3, 0.4) is 0 Å². The Bertz CT molecular complexity index is 1160. The number of amides is 1. The largest absolute Gasteiger partial charge is 0.497 e. The van der Waals surface area contributed by atoms with Gasteiger partial charge in [0.2, 0.25) is 0 Å². The van der Waals surface area contributed by atoms with E-state index in [1.54, 1.807) is 31.6 Å². The fraction of sp³-hybridized carbons (Fsp3) is 0.240. The number of rotatable bonds is 10. The molecule has 2 heterocycles. The average Bonchev–Trinajstić information content (AvgIpc) is 3.20. The van der Waals surface area contributed by atoms with E-state index in [1.807, 2.05) is 42.5 Å². The van der Waals surface area contributed by atoms with E-state index in [9.17, 15) is 4.79 Å². The van der Waals surface area contributed by atoms with Crippen molar-refractivity contribution in [1.29, 1.82) is 0 Å². The van der Waals surface area contributed by atoms with E-state index in [4.69, 9.17) is 14.5 Å². The summed E-state index contributed by atoms with van der Waals surface area (Å²) in [6.45, 7) is 1.79. The van der Waals surface area contributed by atoms with Crippen molar-refractivity contribution in [1.82, 2.24) is 19.9 Å². The van der Waals surface area contributed by atoms with Crippen LogP contribution in [0.4, 0.5) is 0 Å². The van der Waals surface area contributed by atoms with E-state index < -0.39 is 0 Å². The smallest absolute Gasteiger partial charge is 0.251 e. The van der Waals surface area contributed by atoms with Crippen LogP contribution in [0.1, 0.15) is 22.6 Å². The molecule has 7 heteroatoms. The summed E-state index contributed by atoms with van der Waals surface area (Å²) in [6, 6.07) is 19.1. The molecule has 1 amide bonds.